The first kappa shape index (κ1) is 13.7. The third-order valence-corrected chi connectivity index (χ3v) is 2.37. The largest absolute Gasteiger partial charge is 0.323 e. The Labute approximate surface area is 96.3 Å². The van der Waals surface area contributed by atoms with Gasteiger partial charge in [0.15, 0.2) is 0 Å². The summed E-state index contributed by atoms with van der Waals surface area (Å²) < 4.78 is 0. The lowest BCUT2D eigenvalue weighted by molar-refractivity contribution is 0.326. The van der Waals surface area contributed by atoms with E-state index in [1.165, 1.54) is 0 Å². The summed E-state index contributed by atoms with van der Waals surface area (Å²) in [6.45, 7) is 6.25. The minimum absolute atomic E-state index is 0. The van der Waals surface area contributed by atoms with E-state index in [1.54, 1.807) is 6.20 Å². The molecule has 0 aromatic carbocycles. The van der Waals surface area contributed by atoms with Gasteiger partial charge in [-0.05, 0) is 11.5 Å². The molecule has 14 heavy (non-hydrogen) atoms. The molecule has 0 aliphatic heterocycles. The molecular weight excluding hydrogens is 219 g/mol. The molecule has 1 aromatic heterocycles. The van der Waals surface area contributed by atoms with E-state index in [9.17, 15) is 0 Å². The minimum Gasteiger partial charge on any atom is -0.323 e. The molecule has 1 rings (SSSR count). The molecule has 0 bridgehead atoms. The van der Waals surface area contributed by atoms with Crippen LogP contribution in [0.2, 0.25) is 5.15 Å². The van der Waals surface area contributed by atoms with Gasteiger partial charge < -0.3 is 5.73 Å². The van der Waals surface area contributed by atoms with Gasteiger partial charge in [-0.25, -0.2) is 4.98 Å². The van der Waals surface area contributed by atoms with Crippen molar-refractivity contribution in [1.29, 1.82) is 0 Å². The van der Waals surface area contributed by atoms with E-state index in [-0.39, 0.29) is 23.9 Å². The molecule has 1 aromatic rings. The first-order valence-corrected chi connectivity index (χ1v) is 4.66. The normalized spacial score (nSPS) is 13.2. The van der Waals surface area contributed by atoms with Gasteiger partial charge >= 0.3 is 0 Å². The van der Waals surface area contributed by atoms with E-state index in [0.717, 1.165) is 5.56 Å². The fraction of sp³-hybridized carbons (Fsp3) is 0.500. The summed E-state index contributed by atoms with van der Waals surface area (Å²) in [7, 11) is 0. The second kappa shape index (κ2) is 4.96. The Hall–Kier alpha value is -0.310. The molecule has 0 radical (unpaired) electrons. The smallest absolute Gasteiger partial charge is 0.133 e. The summed E-state index contributed by atoms with van der Waals surface area (Å²) in [4.78, 5) is 4.00. The van der Waals surface area contributed by atoms with Crippen LogP contribution in [-0.4, -0.2) is 4.98 Å². The molecule has 0 spiro atoms. The second-order valence-electron chi connectivity index (χ2n) is 4.23. The number of rotatable bonds is 1. The maximum Gasteiger partial charge on any atom is 0.133 e. The molecule has 4 heteroatoms. The maximum atomic E-state index is 6.05. The van der Waals surface area contributed by atoms with Gasteiger partial charge in [0.25, 0.3) is 0 Å². The zero-order valence-corrected chi connectivity index (χ0v) is 10.2. The molecule has 0 saturated heterocycles. The highest BCUT2D eigenvalue weighted by Crippen LogP contribution is 2.32. The average molecular weight is 235 g/mol. The van der Waals surface area contributed by atoms with Crippen LogP contribution in [0.5, 0.6) is 0 Å². The van der Waals surface area contributed by atoms with Crippen molar-refractivity contribution in [1.82, 2.24) is 4.98 Å². The summed E-state index contributed by atoms with van der Waals surface area (Å²) in [6.07, 6.45) is 1.67. The Morgan fingerprint density at radius 3 is 2.43 bits per heavy atom. The molecule has 2 N–H and O–H groups in total. The summed E-state index contributed by atoms with van der Waals surface area (Å²) in [5.41, 5.74) is 6.97. The lowest BCUT2D eigenvalue weighted by atomic mass is 9.84. The van der Waals surface area contributed by atoms with Crippen molar-refractivity contribution in [3.63, 3.8) is 0 Å². The predicted molar refractivity (Wildman–Crippen MR) is 62.9 cm³/mol. The molecule has 0 fully saturated rings. The molecule has 0 aliphatic rings. The van der Waals surface area contributed by atoms with Crippen LogP contribution in [0.25, 0.3) is 0 Å². The Morgan fingerprint density at radius 2 is 2.00 bits per heavy atom. The fourth-order valence-corrected chi connectivity index (χ4v) is 1.33. The van der Waals surface area contributed by atoms with Gasteiger partial charge in [-0.3, -0.25) is 0 Å². The Bertz CT molecular complexity index is 294. The molecule has 1 atom stereocenters. The molecule has 0 aliphatic carbocycles. The Kier molecular flexibility index (Phi) is 4.85. The number of aromatic nitrogens is 1. The molecule has 0 saturated carbocycles. The number of hydrogen-bond donors (Lipinski definition) is 1. The van der Waals surface area contributed by atoms with Gasteiger partial charge in [0.05, 0.1) is 0 Å². The quantitative estimate of drug-likeness (QED) is 0.759. The van der Waals surface area contributed by atoms with Gasteiger partial charge in [-0.15, -0.1) is 12.4 Å². The van der Waals surface area contributed by atoms with Crippen LogP contribution in [0.3, 0.4) is 0 Å². The summed E-state index contributed by atoms with van der Waals surface area (Å²) in [6, 6.07) is 3.70. The van der Waals surface area contributed by atoms with Crippen LogP contribution in [-0.2, 0) is 0 Å². The second-order valence-corrected chi connectivity index (χ2v) is 4.59. The Balaban J connectivity index is 0.00000169. The maximum absolute atomic E-state index is 6.05. The predicted octanol–water partition coefficient (Wildman–Crippen LogP) is 3.20. The van der Waals surface area contributed by atoms with E-state index >= 15 is 0 Å². The first-order chi connectivity index (χ1) is 5.93. The van der Waals surface area contributed by atoms with Crippen molar-refractivity contribution < 1.29 is 0 Å². The number of nitrogens with two attached hydrogens (primary N) is 1. The average Bonchev–Trinajstić information content (AvgIpc) is 2.02. The van der Waals surface area contributed by atoms with Gasteiger partial charge in [-0.1, -0.05) is 38.4 Å². The number of hydrogen-bond acceptors (Lipinski definition) is 2. The monoisotopic (exact) mass is 234 g/mol. The molecular formula is C10H16Cl2N2. The standard InChI is InChI=1S/C10H15ClN2.ClH/c1-10(2,3)8(12)7-5-4-6-13-9(7)11;/h4-6,8H,12H2,1-3H3;1H/t8-;/m0./s1. The van der Waals surface area contributed by atoms with Crippen molar-refractivity contribution in [2.24, 2.45) is 11.1 Å². The highest BCUT2D eigenvalue weighted by Gasteiger charge is 2.24. The molecule has 0 amide bonds. The molecule has 80 valence electrons. The van der Waals surface area contributed by atoms with Gasteiger partial charge in [0, 0.05) is 17.8 Å². The van der Waals surface area contributed by atoms with E-state index < -0.39 is 0 Å². The lowest BCUT2D eigenvalue weighted by Gasteiger charge is -2.27. The zero-order valence-electron chi connectivity index (χ0n) is 8.62. The lowest BCUT2D eigenvalue weighted by Crippen LogP contribution is -2.26. The van der Waals surface area contributed by atoms with Crippen LogP contribution in [0.15, 0.2) is 18.3 Å². The highest BCUT2D eigenvalue weighted by molar-refractivity contribution is 6.30. The van der Waals surface area contributed by atoms with E-state index in [0.29, 0.717) is 5.15 Å². The number of halogens is 2. The van der Waals surface area contributed by atoms with Crippen LogP contribution in [0.1, 0.15) is 32.4 Å². The van der Waals surface area contributed by atoms with E-state index in [1.807, 2.05) is 12.1 Å². The van der Waals surface area contributed by atoms with Gasteiger partial charge in [-0.2, -0.15) is 0 Å². The topological polar surface area (TPSA) is 38.9 Å². The van der Waals surface area contributed by atoms with Gasteiger partial charge in [0.2, 0.25) is 0 Å². The van der Waals surface area contributed by atoms with Crippen molar-refractivity contribution in [2.75, 3.05) is 0 Å². The minimum atomic E-state index is -0.0753. The van der Waals surface area contributed by atoms with Crippen molar-refractivity contribution in [3.8, 4) is 0 Å². The first-order valence-electron chi connectivity index (χ1n) is 4.29. The van der Waals surface area contributed by atoms with Crippen molar-refractivity contribution in [3.05, 3.63) is 29.0 Å². The molecule has 1 heterocycles. The van der Waals surface area contributed by atoms with Crippen LogP contribution in [0.4, 0.5) is 0 Å². The fourth-order valence-electron chi connectivity index (χ4n) is 1.10. The SMILES string of the molecule is CC(C)(C)[C@@H](N)c1cccnc1Cl.Cl. The summed E-state index contributed by atoms with van der Waals surface area (Å²) in [5.74, 6) is 0. The zero-order chi connectivity index (χ0) is 10.1. The van der Waals surface area contributed by atoms with E-state index in [4.69, 9.17) is 17.3 Å². The number of nitrogens with zero attached hydrogens (tertiary/aromatic N) is 1. The van der Waals surface area contributed by atoms with Crippen LogP contribution < -0.4 is 5.73 Å². The summed E-state index contributed by atoms with van der Waals surface area (Å²) in [5, 5.41) is 0.505. The van der Waals surface area contributed by atoms with Crippen LogP contribution in [0, 0.1) is 5.41 Å². The van der Waals surface area contributed by atoms with E-state index in [2.05, 4.69) is 25.8 Å². The third-order valence-electron chi connectivity index (χ3n) is 2.06. The third kappa shape index (κ3) is 3.12. The van der Waals surface area contributed by atoms with Crippen molar-refractivity contribution >= 4 is 24.0 Å². The molecule has 2 nitrogen and oxygen atoms in total. The Morgan fingerprint density at radius 1 is 1.43 bits per heavy atom. The van der Waals surface area contributed by atoms with Crippen molar-refractivity contribution in [2.45, 2.75) is 26.8 Å². The highest BCUT2D eigenvalue weighted by atomic mass is 35.5. The summed E-state index contributed by atoms with van der Waals surface area (Å²) >= 11 is 5.93. The van der Waals surface area contributed by atoms with Gasteiger partial charge in [0.1, 0.15) is 5.15 Å². The van der Waals surface area contributed by atoms with Crippen LogP contribution >= 0.6 is 24.0 Å². The number of pyridine rings is 1. The molecule has 0 unspecified atom stereocenters.